The van der Waals surface area contributed by atoms with E-state index < -0.39 is 21.5 Å². The van der Waals surface area contributed by atoms with E-state index in [2.05, 4.69) is 20.9 Å². The monoisotopic (exact) mass is 406 g/mol. The first-order valence-electron chi connectivity index (χ1n) is 9.27. The molecular weight excluding hydrogens is 383 g/mol. The van der Waals surface area contributed by atoms with Gasteiger partial charge in [0.2, 0.25) is 15.9 Å². The summed E-state index contributed by atoms with van der Waals surface area (Å²) in [5.41, 5.74) is -0.467. The molecule has 0 radical (unpaired) electrons. The number of sulfonamides is 1. The van der Waals surface area contributed by atoms with Crippen LogP contribution in [-0.2, 0) is 14.8 Å². The fraction of sp³-hybridized carbons (Fsp3) is 0.526. The van der Waals surface area contributed by atoms with E-state index >= 15 is 0 Å². The third-order valence-electron chi connectivity index (χ3n) is 5.09. The topological polar surface area (TPSA) is 91.2 Å². The Bertz CT molecular complexity index is 879. The van der Waals surface area contributed by atoms with Gasteiger partial charge in [0.1, 0.15) is 5.82 Å². The first-order chi connectivity index (χ1) is 13.3. The standard InChI is InChI=1S/C19H23FN4O3S/c1-2-3-11-19(22-23-19)12-8-18(25)24-13-9-16(10-14-24)21-28(26,27)17-6-4-15(20)5-7-17/h1,4-7,16,21H,3,8-14H2. The molecule has 0 bridgehead atoms. The lowest BCUT2D eigenvalue weighted by molar-refractivity contribution is -0.132. The SMILES string of the molecule is C#CCCC1(CCC(=O)N2CCC(NS(=O)(=O)c3ccc(F)cc3)CC2)N=N1. The molecule has 0 atom stereocenters. The highest BCUT2D eigenvalue weighted by atomic mass is 32.2. The van der Waals surface area contributed by atoms with Gasteiger partial charge in [-0.05, 0) is 37.1 Å². The summed E-state index contributed by atoms with van der Waals surface area (Å²) in [6, 6.07) is 4.45. The molecule has 28 heavy (non-hydrogen) atoms. The molecule has 150 valence electrons. The lowest BCUT2D eigenvalue weighted by Crippen LogP contribution is -2.46. The quantitative estimate of drug-likeness (QED) is 0.672. The van der Waals surface area contributed by atoms with E-state index in [1.165, 1.54) is 12.1 Å². The third-order valence-corrected chi connectivity index (χ3v) is 6.62. The maximum absolute atomic E-state index is 13.0. The first-order valence-corrected chi connectivity index (χ1v) is 10.8. The molecule has 7 nitrogen and oxygen atoms in total. The minimum absolute atomic E-state index is 0.0252. The molecule has 1 aromatic carbocycles. The number of amides is 1. The van der Waals surface area contributed by atoms with Crippen LogP contribution in [0.5, 0.6) is 0 Å². The van der Waals surface area contributed by atoms with E-state index in [1.54, 1.807) is 4.90 Å². The molecule has 3 rings (SSSR count). The van der Waals surface area contributed by atoms with Gasteiger partial charge in [0.25, 0.3) is 0 Å². The van der Waals surface area contributed by atoms with Gasteiger partial charge in [0.15, 0.2) is 5.66 Å². The van der Waals surface area contributed by atoms with E-state index in [0.29, 0.717) is 51.6 Å². The molecule has 2 heterocycles. The summed E-state index contributed by atoms with van der Waals surface area (Å²) < 4.78 is 40.4. The van der Waals surface area contributed by atoms with Crippen LogP contribution in [0.1, 0.15) is 38.5 Å². The molecule has 0 spiro atoms. The number of piperidine rings is 1. The molecule has 1 fully saturated rings. The molecular formula is C19H23FN4O3S. The van der Waals surface area contributed by atoms with Crippen LogP contribution in [0.2, 0.25) is 0 Å². The van der Waals surface area contributed by atoms with Crippen molar-refractivity contribution in [3.63, 3.8) is 0 Å². The van der Waals surface area contributed by atoms with Gasteiger partial charge in [0.05, 0.1) is 4.90 Å². The van der Waals surface area contributed by atoms with Gasteiger partial charge in [-0.25, -0.2) is 17.5 Å². The van der Waals surface area contributed by atoms with Crippen LogP contribution in [0.15, 0.2) is 39.4 Å². The number of carbonyl (C=O) groups excluding carboxylic acids is 1. The van der Waals surface area contributed by atoms with E-state index in [1.807, 2.05) is 0 Å². The van der Waals surface area contributed by atoms with Crippen molar-refractivity contribution in [2.45, 2.75) is 55.1 Å². The highest BCUT2D eigenvalue weighted by Crippen LogP contribution is 2.37. The van der Waals surface area contributed by atoms with Gasteiger partial charge in [-0.3, -0.25) is 4.79 Å². The number of hydrogen-bond donors (Lipinski definition) is 1. The van der Waals surface area contributed by atoms with E-state index in [9.17, 15) is 17.6 Å². The Balaban J connectivity index is 1.44. The molecule has 0 aliphatic carbocycles. The van der Waals surface area contributed by atoms with Gasteiger partial charge in [-0.2, -0.15) is 10.2 Å². The molecule has 0 unspecified atom stereocenters. The van der Waals surface area contributed by atoms with Gasteiger partial charge in [-0.15, -0.1) is 12.3 Å². The molecule has 1 saturated heterocycles. The fourth-order valence-corrected chi connectivity index (χ4v) is 4.59. The summed E-state index contributed by atoms with van der Waals surface area (Å²) >= 11 is 0. The summed E-state index contributed by atoms with van der Waals surface area (Å²) in [4.78, 5) is 14.2. The molecule has 9 heteroatoms. The Labute approximate surface area is 164 Å². The highest BCUT2D eigenvalue weighted by Gasteiger charge is 2.39. The molecule has 2 aliphatic rings. The molecule has 2 aliphatic heterocycles. The van der Waals surface area contributed by atoms with Crippen LogP contribution in [-0.4, -0.2) is 44.0 Å². The molecule has 1 amide bonds. The summed E-state index contributed by atoms with van der Waals surface area (Å²) in [6.07, 6.45) is 8.49. The predicted octanol–water partition coefficient (Wildman–Crippen LogP) is 2.45. The van der Waals surface area contributed by atoms with Crippen molar-refractivity contribution in [2.24, 2.45) is 10.2 Å². The Morgan fingerprint density at radius 1 is 1.25 bits per heavy atom. The van der Waals surface area contributed by atoms with Crippen LogP contribution in [0.3, 0.4) is 0 Å². The summed E-state index contributed by atoms with van der Waals surface area (Å²) in [5, 5.41) is 8.07. The number of halogens is 1. The molecule has 0 saturated carbocycles. The van der Waals surface area contributed by atoms with E-state index in [-0.39, 0.29) is 16.8 Å². The second-order valence-corrected chi connectivity index (χ2v) is 8.83. The van der Waals surface area contributed by atoms with Crippen molar-refractivity contribution >= 4 is 15.9 Å². The summed E-state index contributed by atoms with van der Waals surface area (Å²) in [7, 11) is -3.71. The van der Waals surface area contributed by atoms with Gasteiger partial charge in [0, 0.05) is 44.8 Å². The average Bonchev–Trinajstić information content (AvgIpc) is 3.45. The minimum atomic E-state index is -3.71. The minimum Gasteiger partial charge on any atom is -0.343 e. The van der Waals surface area contributed by atoms with Crippen molar-refractivity contribution in [1.29, 1.82) is 0 Å². The highest BCUT2D eigenvalue weighted by molar-refractivity contribution is 7.89. The summed E-state index contributed by atoms with van der Waals surface area (Å²) in [5.74, 6) is 2.10. The lowest BCUT2D eigenvalue weighted by Gasteiger charge is -2.32. The van der Waals surface area contributed by atoms with Crippen molar-refractivity contribution < 1.29 is 17.6 Å². The second kappa shape index (κ2) is 8.37. The molecule has 0 aromatic heterocycles. The number of carbonyl (C=O) groups is 1. The van der Waals surface area contributed by atoms with E-state index in [0.717, 1.165) is 12.1 Å². The smallest absolute Gasteiger partial charge is 0.240 e. The van der Waals surface area contributed by atoms with Crippen LogP contribution in [0, 0.1) is 18.2 Å². The largest absolute Gasteiger partial charge is 0.343 e. The number of benzene rings is 1. The van der Waals surface area contributed by atoms with Crippen molar-refractivity contribution in [2.75, 3.05) is 13.1 Å². The number of rotatable bonds is 8. The van der Waals surface area contributed by atoms with Crippen molar-refractivity contribution in [1.82, 2.24) is 9.62 Å². The van der Waals surface area contributed by atoms with Crippen molar-refractivity contribution in [3.8, 4) is 12.3 Å². The zero-order chi connectivity index (χ0) is 20.2. The Morgan fingerprint density at radius 3 is 2.46 bits per heavy atom. The number of nitrogens with zero attached hydrogens (tertiary/aromatic N) is 3. The van der Waals surface area contributed by atoms with Gasteiger partial charge < -0.3 is 4.90 Å². The number of hydrogen-bond acceptors (Lipinski definition) is 5. The maximum Gasteiger partial charge on any atom is 0.240 e. The molecule has 1 N–H and O–H groups in total. The van der Waals surface area contributed by atoms with Crippen LogP contribution in [0.25, 0.3) is 0 Å². The fourth-order valence-electron chi connectivity index (χ4n) is 3.28. The lowest BCUT2D eigenvalue weighted by atomic mass is 10.0. The van der Waals surface area contributed by atoms with Crippen LogP contribution in [0.4, 0.5) is 4.39 Å². The Morgan fingerprint density at radius 2 is 1.89 bits per heavy atom. The summed E-state index contributed by atoms with van der Waals surface area (Å²) in [6.45, 7) is 0.974. The first kappa shape index (κ1) is 20.4. The zero-order valence-corrected chi connectivity index (χ0v) is 16.3. The van der Waals surface area contributed by atoms with Gasteiger partial charge in [-0.1, -0.05) is 0 Å². The average molecular weight is 406 g/mol. The Hall–Kier alpha value is -2.31. The van der Waals surface area contributed by atoms with Crippen LogP contribution < -0.4 is 4.72 Å². The normalized spacial score (nSPS) is 18.6. The van der Waals surface area contributed by atoms with Gasteiger partial charge >= 0.3 is 0 Å². The number of nitrogens with one attached hydrogen (secondary N) is 1. The third kappa shape index (κ3) is 5.14. The predicted molar refractivity (Wildman–Crippen MR) is 101 cm³/mol. The van der Waals surface area contributed by atoms with Crippen molar-refractivity contribution in [3.05, 3.63) is 30.1 Å². The number of terminal acetylenes is 1. The maximum atomic E-state index is 13.0. The second-order valence-electron chi connectivity index (χ2n) is 7.12. The Kier molecular flexibility index (Phi) is 6.10. The van der Waals surface area contributed by atoms with Crippen LogP contribution >= 0.6 is 0 Å². The molecule has 1 aromatic rings. The number of likely N-dealkylation sites (tertiary alicyclic amines) is 1. The van der Waals surface area contributed by atoms with E-state index in [4.69, 9.17) is 6.42 Å². The zero-order valence-electron chi connectivity index (χ0n) is 15.5.